The van der Waals surface area contributed by atoms with Gasteiger partial charge in [-0.25, -0.2) is 4.98 Å². The first-order chi connectivity index (χ1) is 13.6. The van der Waals surface area contributed by atoms with Crippen molar-refractivity contribution in [2.24, 2.45) is 5.41 Å². The van der Waals surface area contributed by atoms with Gasteiger partial charge in [0.1, 0.15) is 5.82 Å². The Labute approximate surface area is 166 Å². The summed E-state index contributed by atoms with van der Waals surface area (Å²) < 4.78 is 0. The van der Waals surface area contributed by atoms with E-state index < -0.39 is 0 Å². The molecular formula is C23H29N3O2. The molecule has 28 heavy (non-hydrogen) atoms. The monoisotopic (exact) mass is 379 g/mol. The lowest BCUT2D eigenvalue weighted by Crippen LogP contribution is -2.47. The Kier molecular flexibility index (Phi) is 5.36. The number of amides is 1. The SMILES string of the molecule is Cc1ccccc1C[C@@]1(CO)CCCN(c2cc(C(=O)NC3CC3)ccn2)C1. The van der Waals surface area contributed by atoms with Crippen LogP contribution >= 0.6 is 0 Å². The van der Waals surface area contributed by atoms with Crippen LogP contribution in [0.4, 0.5) is 5.82 Å². The summed E-state index contributed by atoms with van der Waals surface area (Å²) in [7, 11) is 0. The average molecular weight is 380 g/mol. The fourth-order valence-electron chi connectivity index (χ4n) is 4.17. The number of anilines is 1. The molecule has 2 fully saturated rings. The molecule has 0 unspecified atom stereocenters. The van der Waals surface area contributed by atoms with Crippen LogP contribution in [0, 0.1) is 12.3 Å². The van der Waals surface area contributed by atoms with Crippen LogP contribution in [0.3, 0.4) is 0 Å². The highest BCUT2D eigenvalue weighted by molar-refractivity contribution is 5.95. The summed E-state index contributed by atoms with van der Waals surface area (Å²) in [6, 6.07) is 12.4. The molecule has 1 amide bonds. The van der Waals surface area contributed by atoms with Gasteiger partial charge in [-0.05, 0) is 62.3 Å². The van der Waals surface area contributed by atoms with E-state index in [1.54, 1.807) is 12.3 Å². The maximum absolute atomic E-state index is 12.4. The zero-order valence-electron chi connectivity index (χ0n) is 16.5. The molecule has 1 aliphatic carbocycles. The highest BCUT2D eigenvalue weighted by Gasteiger charge is 2.36. The Hall–Kier alpha value is -2.40. The Balaban J connectivity index is 1.52. The third-order valence-corrected chi connectivity index (χ3v) is 6.07. The van der Waals surface area contributed by atoms with Crippen molar-refractivity contribution in [3.63, 3.8) is 0 Å². The van der Waals surface area contributed by atoms with Gasteiger partial charge in [0.2, 0.25) is 0 Å². The first-order valence-corrected chi connectivity index (χ1v) is 10.3. The van der Waals surface area contributed by atoms with Crippen LogP contribution in [0.2, 0.25) is 0 Å². The Morgan fingerprint density at radius 1 is 1.32 bits per heavy atom. The number of aryl methyl sites for hydroxylation is 1. The van der Waals surface area contributed by atoms with Gasteiger partial charge in [0, 0.05) is 36.3 Å². The molecule has 0 radical (unpaired) electrons. The third kappa shape index (κ3) is 4.20. The van der Waals surface area contributed by atoms with E-state index in [1.807, 2.05) is 6.07 Å². The maximum atomic E-state index is 12.4. The van der Waals surface area contributed by atoms with Crippen molar-refractivity contribution in [1.29, 1.82) is 0 Å². The number of aliphatic hydroxyl groups is 1. The molecule has 1 saturated heterocycles. The number of hydrogen-bond donors (Lipinski definition) is 2. The molecule has 148 valence electrons. The van der Waals surface area contributed by atoms with E-state index in [4.69, 9.17) is 0 Å². The summed E-state index contributed by atoms with van der Waals surface area (Å²) >= 11 is 0. The zero-order chi connectivity index (χ0) is 19.6. The Morgan fingerprint density at radius 2 is 2.14 bits per heavy atom. The Morgan fingerprint density at radius 3 is 2.89 bits per heavy atom. The van der Waals surface area contributed by atoms with E-state index >= 15 is 0 Å². The highest BCUT2D eigenvalue weighted by atomic mass is 16.3. The van der Waals surface area contributed by atoms with Gasteiger partial charge in [-0.2, -0.15) is 0 Å². The highest BCUT2D eigenvalue weighted by Crippen LogP contribution is 2.35. The summed E-state index contributed by atoms with van der Waals surface area (Å²) in [6.07, 6.45) is 6.73. The number of aliphatic hydroxyl groups excluding tert-OH is 1. The van der Waals surface area contributed by atoms with E-state index in [2.05, 4.69) is 46.4 Å². The zero-order valence-corrected chi connectivity index (χ0v) is 16.5. The van der Waals surface area contributed by atoms with Gasteiger partial charge in [0.25, 0.3) is 5.91 Å². The second kappa shape index (κ2) is 7.92. The average Bonchev–Trinajstić information content (AvgIpc) is 3.54. The fraction of sp³-hybridized carbons (Fsp3) is 0.478. The van der Waals surface area contributed by atoms with Crippen molar-refractivity contribution in [3.05, 3.63) is 59.3 Å². The molecule has 1 aromatic carbocycles. The molecule has 0 spiro atoms. The quantitative estimate of drug-likeness (QED) is 0.809. The minimum atomic E-state index is -0.182. The van der Waals surface area contributed by atoms with Crippen LogP contribution in [0.5, 0.6) is 0 Å². The lowest BCUT2D eigenvalue weighted by Gasteiger charge is -2.43. The molecule has 5 heteroatoms. The number of benzene rings is 1. The summed E-state index contributed by atoms with van der Waals surface area (Å²) in [4.78, 5) is 19.2. The summed E-state index contributed by atoms with van der Waals surface area (Å²) in [5.41, 5.74) is 3.04. The first kappa shape index (κ1) is 18.9. The van der Waals surface area contributed by atoms with Crippen LogP contribution < -0.4 is 10.2 Å². The number of carbonyl (C=O) groups excluding carboxylic acids is 1. The summed E-state index contributed by atoms with van der Waals surface area (Å²) in [5.74, 6) is 0.808. The van der Waals surface area contributed by atoms with Crippen LogP contribution in [0.25, 0.3) is 0 Å². The molecule has 2 aromatic rings. The molecule has 1 aromatic heterocycles. The summed E-state index contributed by atoms with van der Waals surface area (Å²) in [6.45, 7) is 3.93. The van der Waals surface area contributed by atoms with Crippen LogP contribution in [-0.4, -0.2) is 41.7 Å². The molecular weight excluding hydrogens is 350 g/mol. The topological polar surface area (TPSA) is 65.5 Å². The lowest BCUT2D eigenvalue weighted by atomic mass is 9.75. The predicted molar refractivity (Wildman–Crippen MR) is 111 cm³/mol. The second-order valence-electron chi connectivity index (χ2n) is 8.44. The van der Waals surface area contributed by atoms with Gasteiger partial charge >= 0.3 is 0 Å². The lowest BCUT2D eigenvalue weighted by molar-refractivity contribution is 0.0950. The number of nitrogens with one attached hydrogen (secondary N) is 1. The van der Waals surface area contributed by atoms with Crippen molar-refractivity contribution in [2.75, 3.05) is 24.6 Å². The van der Waals surface area contributed by atoms with Crippen LogP contribution in [-0.2, 0) is 6.42 Å². The third-order valence-electron chi connectivity index (χ3n) is 6.07. The molecule has 1 saturated carbocycles. The van der Waals surface area contributed by atoms with Gasteiger partial charge in [0.05, 0.1) is 6.61 Å². The van der Waals surface area contributed by atoms with Gasteiger partial charge in [-0.1, -0.05) is 24.3 Å². The standard InChI is InChI=1S/C23H29N3O2/c1-17-5-2-3-6-19(17)14-23(16-27)10-4-12-26(15-23)21-13-18(9-11-24-21)22(28)25-20-7-8-20/h2-3,5-6,9,11,13,20,27H,4,7-8,10,12,14-16H2,1H3,(H,25,28)/t23-/m0/s1. The number of pyridine rings is 1. The predicted octanol–water partition coefficient (Wildman–Crippen LogP) is 3.10. The van der Waals surface area contributed by atoms with Crippen molar-refractivity contribution < 1.29 is 9.90 Å². The van der Waals surface area contributed by atoms with E-state index in [9.17, 15) is 9.90 Å². The Bertz CT molecular complexity index is 849. The van der Waals surface area contributed by atoms with Crippen molar-refractivity contribution in [3.8, 4) is 0 Å². The van der Waals surface area contributed by atoms with E-state index in [1.165, 1.54) is 11.1 Å². The van der Waals surface area contributed by atoms with Gasteiger partial charge < -0.3 is 15.3 Å². The van der Waals surface area contributed by atoms with Gasteiger partial charge in [0.15, 0.2) is 0 Å². The second-order valence-corrected chi connectivity index (χ2v) is 8.44. The molecule has 2 heterocycles. The number of carbonyl (C=O) groups is 1. The van der Waals surface area contributed by atoms with Crippen molar-refractivity contribution in [1.82, 2.24) is 10.3 Å². The molecule has 4 rings (SSSR count). The fourth-order valence-corrected chi connectivity index (χ4v) is 4.17. The van der Waals surface area contributed by atoms with Crippen molar-refractivity contribution >= 4 is 11.7 Å². The number of rotatable bonds is 6. The number of piperidine rings is 1. The summed E-state index contributed by atoms with van der Waals surface area (Å²) in [5, 5.41) is 13.3. The van der Waals surface area contributed by atoms with E-state index in [0.717, 1.165) is 51.0 Å². The molecule has 1 aliphatic heterocycles. The first-order valence-electron chi connectivity index (χ1n) is 10.3. The smallest absolute Gasteiger partial charge is 0.251 e. The maximum Gasteiger partial charge on any atom is 0.251 e. The minimum Gasteiger partial charge on any atom is -0.396 e. The van der Waals surface area contributed by atoms with Crippen LogP contribution in [0.1, 0.15) is 47.2 Å². The van der Waals surface area contributed by atoms with E-state index in [-0.39, 0.29) is 17.9 Å². The molecule has 1 atom stereocenters. The molecule has 5 nitrogen and oxygen atoms in total. The molecule has 0 bridgehead atoms. The van der Waals surface area contributed by atoms with Crippen molar-refractivity contribution in [2.45, 2.75) is 45.1 Å². The minimum absolute atomic E-state index is 0.0171. The van der Waals surface area contributed by atoms with E-state index in [0.29, 0.717) is 11.6 Å². The number of nitrogens with zero attached hydrogens (tertiary/aromatic N) is 2. The van der Waals surface area contributed by atoms with Crippen LogP contribution in [0.15, 0.2) is 42.6 Å². The molecule has 2 aliphatic rings. The normalized spacial score (nSPS) is 22.1. The van der Waals surface area contributed by atoms with Gasteiger partial charge in [-0.15, -0.1) is 0 Å². The molecule has 2 N–H and O–H groups in total. The number of hydrogen-bond acceptors (Lipinski definition) is 4. The number of aromatic nitrogens is 1. The van der Waals surface area contributed by atoms with Gasteiger partial charge in [-0.3, -0.25) is 4.79 Å². The largest absolute Gasteiger partial charge is 0.396 e.